The number of fused-ring (bicyclic) bond motifs is 6. The quantitative estimate of drug-likeness (QED) is 0.0333. The third-order valence-corrected chi connectivity index (χ3v) is 15.7. The van der Waals surface area contributed by atoms with E-state index in [1.807, 2.05) is 75.4 Å². The Labute approximate surface area is 484 Å². The third kappa shape index (κ3) is 17.2. The fourth-order valence-electron chi connectivity index (χ4n) is 10.2. The molecule has 2 fully saturated rings. The van der Waals surface area contributed by atoms with Crippen molar-refractivity contribution in [2.24, 2.45) is 5.92 Å². The zero-order valence-corrected chi connectivity index (χ0v) is 49.4. The van der Waals surface area contributed by atoms with E-state index in [2.05, 4.69) is 32.0 Å². The number of anilines is 1. The SMILES string of the molecule is CNN(C)Cc1cc2ccccc2n1CCC(=O)N[C@@H](CCC(=O)O)C(=O)NCCOCCOCCC(=O)N(C)[C@@H](C)C(=O)OC1CC(=O)N(C)c2cc(cc(OC)c2Cl)C/C(C)=C/C=C/[C@@H](OC)[C@H]2C[C@H](OC(=O)N2)[C@@H](C)C2O[C@@]12C. The summed E-state index contributed by atoms with van der Waals surface area (Å²) < 4.78 is 43.1. The van der Waals surface area contributed by atoms with Crippen molar-refractivity contribution >= 4 is 69.9 Å². The summed E-state index contributed by atoms with van der Waals surface area (Å²) in [5.41, 5.74) is 5.99. The highest BCUT2D eigenvalue weighted by Gasteiger charge is 2.64. The third-order valence-electron chi connectivity index (χ3n) is 15.4. The van der Waals surface area contributed by atoms with Crippen LogP contribution in [0.1, 0.15) is 77.5 Å². The molecule has 0 aliphatic carbocycles. The number of hydrazine groups is 1. The summed E-state index contributed by atoms with van der Waals surface area (Å²) in [4.78, 5) is 95.3. The van der Waals surface area contributed by atoms with Gasteiger partial charge in [0.1, 0.15) is 40.7 Å². The number of ether oxygens (including phenoxy) is 7. The molecule has 9 atom stereocenters. The first-order valence-corrected chi connectivity index (χ1v) is 28.0. The average Bonchev–Trinajstić information content (AvgIpc) is 2.34. The van der Waals surface area contributed by atoms with Crippen LogP contribution in [0, 0.1) is 5.92 Å². The number of carboxylic acid groups (broad SMARTS) is 1. The standard InChI is InChI=1S/C58H81ClN8O15/c1-35-14-13-17-45(76-9)42-32-46(80-57(75)63-42)36(2)54-58(4,82-54)48(33-51(70)66(8)44-29-38(28-35)30-47(77-10)53(44)59)81-56(74)37(3)65(7)50(69)21-24-78-26-27-79-25-22-61-55(73)41(18-19-52(71)72)62-49(68)20-23-67-40(34-64(6)60-5)31-39-15-11-12-16-43(39)67/h11-17,29-31,36-37,41-42,45-46,48,54,60H,18-28,32-34H2,1-10H3,(H,61,73)(H,62,68)(H,63,75)(H,71,72)/b17-13+,35-14+/t36-,37+,41+,42-,45-,46+,48?,54?,58+/m1/s1. The van der Waals surface area contributed by atoms with Crippen LogP contribution in [0.25, 0.3) is 10.9 Å². The van der Waals surface area contributed by atoms with Crippen molar-refractivity contribution in [3.8, 4) is 5.75 Å². The van der Waals surface area contributed by atoms with Gasteiger partial charge >= 0.3 is 18.0 Å². The predicted molar refractivity (Wildman–Crippen MR) is 305 cm³/mol. The number of hydrogen-bond acceptors (Lipinski definition) is 16. The molecule has 2 unspecified atom stereocenters. The molecule has 450 valence electrons. The molecule has 2 aromatic carbocycles. The number of amides is 5. The second-order valence-electron chi connectivity index (χ2n) is 21.2. The minimum absolute atomic E-state index is 0.00622. The van der Waals surface area contributed by atoms with Crippen LogP contribution in [0.4, 0.5) is 10.5 Å². The number of aromatic nitrogens is 1. The Bertz CT molecular complexity index is 2810. The lowest BCUT2D eigenvalue weighted by atomic mass is 9.84. The molecule has 4 heterocycles. The molecule has 4 bridgehead atoms. The van der Waals surface area contributed by atoms with Crippen LogP contribution < -0.4 is 31.0 Å². The molecule has 0 saturated carbocycles. The average molecular weight is 1170 g/mol. The zero-order valence-electron chi connectivity index (χ0n) is 48.6. The van der Waals surface area contributed by atoms with Crippen molar-refractivity contribution < 1.29 is 71.8 Å². The van der Waals surface area contributed by atoms with Crippen LogP contribution in [0.5, 0.6) is 5.75 Å². The van der Waals surface area contributed by atoms with E-state index in [0.717, 1.165) is 27.7 Å². The summed E-state index contributed by atoms with van der Waals surface area (Å²) in [7, 11) is 9.81. The number of esters is 1. The largest absolute Gasteiger partial charge is 0.495 e. The van der Waals surface area contributed by atoms with Gasteiger partial charge in [0.15, 0.2) is 0 Å². The summed E-state index contributed by atoms with van der Waals surface area (Å²) in [5, 5.41) is 20.8. The van der Waals surface area contributed by atoms with Crippen LogP contribution in [-0.2, 0) is 76.7 Å². The van der Waals surface area contributed by atoms with Gasteiger partial charge < -0.3 is 68.6 Å². The molecule has 23 nitrogen and oxygen atoms in total. The monoisotopic (exact) mass is 1160 g/mol. The normalized spacial score (nSPS) is 23.8. The molecule has 5 N–H and O–H groups in total. The van der Waals surface area contributed by atoms with Gasteiger partial charge in [-0.3, -0.25) is 29.4 Å². The lowest BCUT2D eigenvalue weighted by Crippen LogP contribution is -2.53. The van der Waals surface area contributed by atoms with Crippen molar-refractivity contribution in [1.82, 2.24) is 35.9 Å². The van der Waals surface area contributed by atoms with E-state index in [9.17, 15) is 38.7 Å². The van der Waals surface area contributed by atoms with E-state index in [4.69, 9.17) is 44.8 Å². The Kier molecular flexibility index (Phi) is 23.7. The lowest BCUT2D eigenvalue weighted by Gasteiger charge is -2.36. The summed E-state index contributed by atoms with van der Waals surface area (Å²) in [6.07, 6.45) is 2.22. The predicted octanol–water partition coefficient (Wildman–Crippen LogP) is 4.69. The van der Waals surface area contributed by atoms with E-state index < -0.39 is 95.7 Å². The number of aliphatic carboxylic acids is 1. The van der Waals surface area contributed by atoms with Crippen LogP contribution in [0.2, 0.25) is 5.02 Å². The highest BCUT2D eigenvalue weighted by molar-refractivity contribution is 6.35. The first-order valence-electron chi connectivity index (χ1n) is 27.6. The van der Waals surface area contributed by atoms with Gasteiger partial charge in [0.05, 0.1) is 76.9 Å². The van der Waals surface area contributed by atoms with Crippen molar-refractivity contribution in [2.75, 3.05) is 80.3 Å². The van der Waals surface area contributed by atoms with Gasteiger partial charge in [0.25, 0.3) is 0 Å². The molecule has 6 rings (SSSR count). The molecular weight excluding hydrogens is 1080 g/mol. The topological polar surface area (TPSA) is 270 Å². The Morgan fingerprint density at radius 3 is 2.45 bits per heavy atom. The van der Waals surface area contributed by atoms with Gasteiger partial charge in [-0.05, 0) is 75.9 Å². The van der Waals surface area contributed by atoms with Crippen molar-refractivity contribution in [3.05, 3.63) is 82.5 Å². The van der Waals surface area contributed by atoms with Gasteiger partial charge in [-0.15, -0.1) is 0 Å². The first kappa shape index (κ1) is 64.6. The second-order valence-corrected chi connectivity index (χ2v) is 21.6. The molecule has 82 heavy (non-hydrogen) atoms. The smallest absolute Gasteiger partial charge is 0.407 e. The molecule has 3 aliphatic heterocycles. The molecule has 24 heteroatoms. The number of aryl methyl sites for hydroxylation is 1. The maximum atomic E-state index is 14.4. The van der Waals surface area contributed by atoms with Crippen LogP contribution in [0.15, 0.2) is 66.3 Å². The Hall–Kier alpha value is -6.60. The number of hydrogen-bond donors (Lipinski definition) is 5. The molecule has 0 spiro atoms. The fraction of sp³-hybridized carbons (Fsp3) is 0.569. The maximum absolute atomic E-state index is 14.4. The van der Waals surface area contributed by atoms with Gasteiger partial charge in [0.2, 0.25) is 23.6 Å². The Morgan fingerprint density at radius 2 is 1.74 bits per heavy atom. The van der Waals surface area contributed by atoms with E-state index in [1.165, 1.54) is 30.9 Å². The second kappa shape index (κ2) is 30.1. The Morgan fingerprint density at radius 1 is 1.01 bits per heavy atom. The minimum Gasteiger partial charge on any atom is -0.495 e. The fourth-order valence-corrected chi connectivity index (χ4v) is 10.5. The van der Waals surface area contributed by atoms with E-state index >= 15 is 0 Å². The summed E-state index contributed by atoms with van der Waals surface area (Å²) in [5.74, 6) is -3.77. The number of nitrogens with one attached hydrogen (secondary N) is 4. The van der Waals surface area contributed by atoms with E-state index in [0.29, 0.717) is 37.4 Å². The van der Waals surface area contributed by atoms with E-state index in [-0.39, 0.29) is 70.1 Å². The number of para-hydroxylation sites is 1. The molecule has 3 aromatic rings. The van der Waals surface area contributed by atoms with E-state index in [1.54, 1.807) is 33.2 Å². The van der Waals surface area contributed by atoms with Crippen molar-refractivity contribution in [3.63, 3.8) is 0 Å². The van der Waals surface area contributed by atoms with Gasteiger partial charge in [-0.2, -0.15) is 0 Å². The number of carboxylic acids is 1. The van der Waals surface area contributed by atoms with Crippen LogP contribution in [0.3, 0.4) is 0 Å². The van der Waals surface area contributed by atoms with Crippen LogP contribution >= 0.6 is 11.6 Å². The lowest BCUT2D eigenvalue weighted by molar-refractivity contribution is -0.162. The number of likely N-dealkylation sites (N-methyl/N-ethyl adjacent to an activating group) is 1. The minimum atomic E-state index is -1.22. The summed E-state index contributed by atoms with van der Waals surface area (Å²) in [6.45, 7) is 8.38. The zero-order chi connectivity index (χ0) is 59.8. The number of rotatable bonds is 25. The number of benzene rings is 2. The first-order chi connectivity index (χ1) is 39.1. The van der Waals surface area contributed by atoms with Crippen molar-refractivity contribution in [1.29, 1.82) is 0 Å². The molecule has 3 aliphatic rings. The molecule has 5 amide bonds. The summed E-state index contributed by atoms with van der Waals surface area (Å²) >= 11 is 6.83. The number of carbonyl (C=O) groups is 7. The van der Waals surface area contributed by atoms with Crippen molar-refractivity contribution in [2.45, 2.75) is 134 Å². The van der Waals surface area contributed by atoms with Gasteiger partial charge in [-0.25, -0.2) is 14.6 Å². The summed E-state index contributed by atoms with van der Waals surface area (Å²) in [6, 6.07) is 10.9. The molecule has 1 aromatic heterocycles. The molecule has 2 saturated heterocycles. The number of alkyl carbamates (subject to hydrolysis) is 1. The van der Waals surface area contributed by atoms with Gasteiger partial charge in [0, 0.05) is 77.7 Å². The highest BCUT2D eigenvalue weighted by atomic mass is 35.5. The molecular formula is C58H81ClN8O15. The van der Waals surface area contributed by atoms with Crippen LogP contribution in [-0.4, -0.2) is 185 Å². The number of allylic oxidation sites excluding steroid dienone is 3. The number of methoxy groups -OCH3 is 2. The number of halogens is 1. The van der Waals surface area contributed by atoms with Gasteiger partial charge in [-0.1, -0.05) is 60.5 Å². The number of epoxide rings is 1. The molecule has 0 radical (unpaired) electrons. The number of carbonyl (C=O) groups excluding carboxylic acids is 6. The number of nitrogens with zero attached hydrogens (tertiary/aromatic N) is 4. The highest BCUT2D eigenvalue weighted by Crippen LogP contribution is 2.49. The maximum Gasteiger partial charge on any atom is 0.407 e. The Balaban J connectivity index is 0.992.